The first-order chi connectivity index (χ1) is 19.9. The lowest BCUT2D eigenvalue weighted by atomic mass is 9.44. The number of hydrogen-bond donors (Lipinski definition) is 3. The van der Waals surface area contributed by atoms with E-state index in [1.165, 1.54) is 76.3 Å². The Balaban J connectivity index is 1.10. The van der Waals surface area contributed by atoms with Gasteiger partial charge in [-0.1, -0.05) is 20.8 Å². The van der Waals surface area contributed by atoms with Gasteiger partial charge in [-0.05, 0) is 135 Å². The third-order valence-electron chi connectivity index (χ3n) is 12.3. The van der Waals surface area contributed by atoms with E-state index in [2.05, 4.69) is 26.1 Å². The summed E-state index contributed by atoms with van der Waals surface area (Å²) in [5, 5.41) is 12.9. The molecule has 0 aromatic heterocycles. The second-order valence-electron chi connectivity index (χ2n) is 14.3. The number of methoxy groups -OCH3 is 1. The third kappa shape index (κ3) is 5.97. The number of aliphatic hydroxyl groups excluding tert-OH is 1. The van der Waals surface area contributed by atoms with Crippen molar-refractivity contribution in [1.29, 1.82) is 0 Å². The molecule has 1 aromatic carbocycles. The monoisotopic (exact) mass is 602 g/mol. The Hall–Kier alpha value is -2.13. The number of carbonyl (C=O) groups excluding carboxylic acids is 2. The number of rotatable bonds is 9. The van der Waals surface area contributed by atoms with Crippen LogP contribution in [0.25, 0.3) is 0 Å². The van der Waals surface area contributed by atoms with E-state index >= 15 is 0 Å². The summed E-state index contributed by atoms with van der Waals surface area (Å²) in [5.74, 6) is 3.49. The maximum Gasteiger partial charge on any atom is 0.264 e. The molecule has 5 rings (SSSR count). The van der Waals surface area contributed by atoms with Gasteiger partial charge in [0.2, 0.25) is 5.91 Å². The van der Waals surface area contributed by atoms with Gasteiger partial charge in [0.1, 0.15) is 5.75 Å². The fourth-order valence-electron chi connectivity index (χ4n) is 10.0. The first kappa shape index (κ1) is 31.3. The molecule has 8 nitrogen and oxygen atoms in total. The van der Waals surface area contributed by atoms with E-state index in [4.69, 9.17) is 4.74 Å². The summed E-state index contributed by atoms with van der Waals surface area (Å²) in [6, 6.07) is 5.74. The van der Waals surface area contributed by atoms with Crippen LogP contribution >= 0.6 is 0 Å². The van der Waals surface area contributed by atoms with Crippen molar-refractivity contribution in [2.24, 2.45) is 46.3 Å². The molecule has 0 unspecified atom stereocenters. The fourth-order valence-corrected chi connectivity index (χ4v) is 11.0. The molecule has 0 spiro atoms. The first-order valence-electron chi connectivity index (χ1n) is 16.0. The van der Waals surface area contributed by atoms with Crippen molar-refractivity contribution in [2.75, 3.05) is 13.7 Å². The lowest BCUT2D eigenvalue weighted by Crippen LogP contribution is -2.54. The van der Waals surface area contributed by atoms with Crippen molar-refractivity contribution < 1.29 is 27.9 Å². The van der Waals surface area contributed by atoms with E-state index < -0.39 is 15.9 Å². The van der Waals surface area contributed by atoms with Gasteiger partial charge in [0.05, 0.1) is 24.7 Å². The van der Waals surface area contributed by atoms with Crippen molar-refractivity contribution in [3.8, 4) is 5.75 Å². The highest BCUT2D eigenvalue weighted by Crippen LogP contribution is 2.68. The van der Waals surface area contributed by atoms with Crippen LogP contribution in [0.5, 0.6) is 5.75 Å². The maximum absolute atomic E-state index is 12.6. The molecule has 0 heterocycles. The first-order valence-corrected chi connectivity index (χ1v) is 17.5. The molecular weight excluding hydrogens is 552 g/mol. The second kappa shape index (κ2) is 12.1. The Morgan fingerprint density at radius 1 is 0.976 bits per heavy atom. The molecule has 4 aliphatic carbocycles. The van der Waals surface area contributed by atoms with Crippen LogP contribution in [0.4, 0.5) is 0 Å². The van der Waals surface area contributed by atoms with Gasteiger partial charge in [-0.3, -0.25) is 9.59 Å². The van der Waals surface area contributed by atoms with Gasteiger partial charge < -0.3 is 15.2 Å². The smallest absolute Gasteiger partial charge is 0.264 e. The summed E-state index contributed by atoms with van der Waals surface area (Å²) >= 11 is 0. The summed E-state index contributed by atoms with van der Waals surface area (Å²) in [6.45, 7) is 6.96. The zero-order valence-electron chi connectivity index (χ0n) is 25.7. The standard InChI is InChI=1S/C33H50N2O6S/c1-21(5-14-30(37)34-20-31(38)35-42(39,40)25-9-7-24(41-4)8-10-25)27-12-13-28-26-11-6-22-19-23(36)15-17-32(22,2)29(26)16-18-33(27,28)3/h7-10,21-23,26-29,36H,5-6,11-20H2,1-4H3,(H,34,37)(H,35,38)/t21-,22-,23+,26+,27-,28+,29+,32+,33-/m1/s1. The molecule has 0 bridgehead atoms. The van der Waals surface area contributed by atoms with Crippen LogP contribution < -0.4 is 14.8 Å². The molecule has 3 N–H and O–H groups in total. The minimum atomic E-state index is -4.03. The Kier molecular flexibility index (Phi) is 9.02. The van der Waals surface area contributed by atoms with Crippen molar-refractivity contribution >= 4 is 21.8 Å². The van der Waals surface area contributed by atoms with Crippen LogP contribution in [0.2, 0.25) is 0 Å². The van der Waals surface area contributed by atoms with Crippen LogP contribution in [0.15, 0.2) is 29.2 Å². The van der Waals surface area contributed by atoms with E-state index in [9.17, 15) is 23.1 Å². The largest absolute Gasteiger partial charge is 0.497 e. The van der Waals surface area contributed by atoms with E-state index in [0.29, 0.717) is 40.8 Å². The highest BCUT2D eigenvalue weighted by atomic mass is 32.2. The zero-order chi connectivity index (χ0) is 30.3. The molecular formula is C33H50N2O6S. The normalized spacial score (nSPS) is 36.6. The zero-order valence-corrected chi connectivity index (χ0v) is 26.5. The van der Waals surface area contributed by atoms with Gasteiger partial charge in [-0.2, -0.15) is 0 Å². The summed E-state index contributed by atoms with van der Waals surface area (Å²) in [5.41, 5.74) is 0.690. The van der Waals surface area contributed by atoms with Gasteiger partial charge in [0, 0.05) is 6.42 Å². The van der Waals surface area contributed by atoms with Crippen LogP contribution in [-0.4, -0.2) is 45.1 Å². The molecule has 4 saturated carbocycles. The van der Waals surface area contributed by atoms with Crippen molar-refractivity contribution in [2.45, 2.75) is 102 Å². The molecule has 1 aromatic rings. The molecule has 2 amide bonds. The van der Waals surface area contributed by atoms with Crippen LogP contribution in [0.1, 0.15) is 91.4 Å². The topological polar surface area (TPSA) is 122 Å². The summed E-state index contributed by atoms with van der Waals surface area (Å²) < 4.78 is 32.0. The Labute approximate surface area is 251 Å². The maximum atomic E-state index is 12.6. The van der Waals surface area contributed by atoms with E-state index in [0.717, 1.165) is 37.0 Å². The number of aliphatic hydroxyl groups is 1. The summed E-state index contributed by atoms with van der Waals surface area (Å²) in [4.78, 5) is 24.9. The summed E-state index contributed by atoms with van der Waals surface area (Å²) in [7, 11) is -2.54. The van der Waals surface area contributed by atoms with Gasteiger partial charge in [-0.15, -0.1) is 0 Å². The predicted octanol–water partition coefficient (Wildman–Crippen LogP) is 5.05. The Morgan fingerprint density at radius 3 is 2.38 bits per heavy atom. The molecule has 9 atom stereocenters. The van der Waals surface area contributed by atoms with Crippen LogP contribution in [0.3, 0.4) is 0 Å². The number of ether oxygens (including phenoxy) is 1. The molecule has 4 aliphatic rings. The Bertz CT molecular complexity index is 1250. The van der Waals surface area contributed by atoms with Crippen molar-refractivity contribution in [1.82, 2.24) is 10.0 Å². The second-order valence-corrected chi connectivity index (χ2v) is 16.0. The van der Waals surface area contributed by atoms with Gasteiger partial charge in [0.15, 0.2) is 0 Å². The van der Waals surface area contributed by atoms with Gasteiger partial charge >= 0.3 is 0 Å². The van der Waals surface area contributed by atoms with Gasteiger partial charge in [-0.25, -0.2) is 13.1 Å². The van der Waals surface area contributed by atoms with E-state index in [-0.39, 0.29) is 23.5 Å². The minimum absolute atomic E-state index is 0.0473. The molecule has 0 saturated heterocycles. The van der Waals surface area contributed by atoms with Gasteiger partial charge in [0.25, 0.3) is 15.9 Å². The number of hydrogen-bond acceptors (Lipinski definition) is 6. The highest BCUT2D eigenvalue weighted by Gasteiger charge is 2.60. The van der Waals surface area contributed by atoms with E-state index in [1.54, 1.807) is 0 Å². The van der Waals surface area contributed by atoms with Crippen LogP contribution in [-0.2, 0) is 19.6 Å². The number of amides is 2. The lowest BCUT2D eigenvalue weighted by molar-refractivity contribution is -0.130. The molecule has 4 fully saturated rings. The van der Waals surface area contributed by atoms with Crippen molar-refractivity contribution in [3.05, 3.63) is 24.3 Å². The Morgan fingerprint density at radius 2 is 1.67 bits per heavy atom. The lowest BCUT2D eigenvalue weighted by Gasteiger charge is -2.61. The number of benzene rings is 1. The van der Waals surface area contributed by atoms with Crippen LogP contribution in [0, 0.1) is 46.3 Å². The third-order valence-corrected chi connectivity index (χ3v) is 13.7. The van der Waals surface area contributed by atoms with E-state index in [1.807, 2.05) is 4.72 Å². The quantitative estimate of drug-likeness (QED) is 0.364. The average Bonchev–Trinajstić information content (AvgIpc) is 3.32. The summed E-state index contributed by atoms with van der Waals surface area (Å²) in [6.07, 6.45) is 11.7. The fraction of sp³-hybridized carbons (Fsp3) is 0.758. The molecule has 234 valence electrons. The minimum Gasteiger partial charge on any atom is -0.497 e. The SMILES string of the molecule is COc1ccc(S(=O)(=O)NC(=O)CNC(=O)CC[C@@H](C)[C@H]2CC[C@H]3[C@@H]4CC[C@@H]5C[C@@H](O)CC[C@]5(C)[C@H]4CC[C@]23C)cc1. The number of nitrogens with one attached hydrogen (secondary N) is 2. The van der Waals surface area contributed by atoms with Crippen molar-refractivity contribution in [3.63, 3.8) is 0 Å². The average molecular weight is 603 g/mol. The highest BCUT2D eigenvalue weighted by molar-refractivity contribution is 7.90. The predicted molar refractivity (Wildman–Crippen MR) is 161 cm³/mol. The number of carbonyl (C=O) groups is 2. The molecule has 0 aliphatic heterocycles. The molecule has 42 heavy (non-hydrogen) atoms. The molecule has 9 heteroatoms. The number of fused-ring (bicyclic) bond motifs is 5. The number of sulfonamides is 1. The molecule has 0 radical (unpaired) electrons.